The van der Waals surface area contributed by atoms with Crippen LogP contribution in [0, 0.1) is 0 Å². The number of aromatic nitrogens is 3. The Hall–Kier alpha value is -2.60. The van der Waals surface area contributed by atoms with Gasteiger partial charge >= 0.3 is 5.97 Å². The van der Waals surface area contributed by atoms with Crippen LogP contribution in [0.3, 0.4) is 0 Å². The van der Waals surface area contributed by atoms with Gasteiger partial charge in [-0.25, -0.2) is 4.79 Å². The summed E-state index contributed by atoms with van der Waals surface area (Å²) in [5.74, 6) is 0.130. The van der Waals surface area contributed by atoms with Crippen molar-refractivity contribution in [1.29, 1.82) is 0 Å². The van der Waals surface area contributed by atoms with E-state index in [9.17, 15) is 4.79 Å². The molecule has 0 radical (unpaired) electrons. The van der Waals surface area contributed by atoms with Crippen molar-refractivity contribution in [1.82, 2.24) is 15.1 Å². The van der Waals surface area contributed by atoms with E-state index in [0.29, 0.717) is 10.8 Å². The second-order valence-electron chi connectivity index (χ2n) is 4.19. The topological polar surface area (TPSA) is 81.0 Å². The van der Waals surface area contributed by atoms with Gasteiger partial charge in [0.05, 0.1) is 5.02 Å². The predicted molar refractivity (Wildman–Crippen MR) is 74.7 cm³/mol. The van der Waals surface area contributed by atoms with Crippen LogP contribution in [-0.4, -0.2) is 21.1 Å². The van der Waals surface area contributed by atoms with Gasteiger partial charge in [0.25, 0.3) is 5.89 Å². The third kappa shape index (κ3) is 3.11. The molecule has 0 amide bonds. The first kappa shape index (κ1) is 13.4. The van der Waals surface area contributed by atoms with Crippen LogP contribution >= 0.6 is 11.6 Å². The van der Waals surface area contributed by atoms with Crippen LogP contribution in [0.15, 0.2) is 47.1 Å². The van der Waals surface area contributed by atoms with Crippen LogP contribution in [0.5, 0.6) is 0 Å². The maximum atomic E-state index is 11.7. The molecule has 3 aromatic rings. The second-order valence-corrected chi connectivity index (χ2v) is 4.62. The molecule has 2 heterocycles. The number of esters is 1. The van der Waals surface area contributed by atoms with E-state index in [1.165, 1.54) is 12.3 Å². The summed E-state index contributed by atoms with van der Waals surface area (Å²) in [5.41, 5.74) is 1.10. The Morgan fingerprint density at radius 1 is 1.33 bits per heavy atom. The number of hydrogen-bond donors (Lipinski definition) is 1. The Balaban J connectivity index is 1.64. The second kappa shape index (κ2) is 5.80. The van der Waals surface area contributed by atoms with E-state index in [2.05, 4.69) is 15.1 Å². The minimum atomic E-state index is -0.540. The Morgan fingerprint density at radius 3 is 2.86 bits per heavy atom. The highest BCUT2D eigenvalue weighted by molar-refractivity contribution is 6.30. The zero-order chi connectivity index (χ0) is 14.7. The molecular formula is C14H10ClN3O3. The lowest BCUT2D eigenvalue weighted by atomic mass is 10.2. The highest BCUT2D eigenvalue weighted by Gasteiger charge is 2.13. The number of nitrogens with zero attached hydrogens (tertiary/aromatic N) is 2. The maximum Gasteiger partial charge on any atom is 0.355 e. The van der Waals surface area contributed by atoms with Gasteiger partial charge in [-0.2, -0.15) is 4.98 Å². The van der Waals surface area contributed by atoms with E-state index in [1.807, 2.05) is 30.3 Å². The maximum absolute atomic E-state index is 11.7. The molecule has 0 spiro atoms. The fourth-order valence-electron chi connectivity index (χ4n) is 1.71. The lowest BCUT2D eigenvalue weighted by molar-refractivity contribution is 0.0423. The van der Waals surface area contributed by atoms with E-state index < -0.39 is 5.97 Å². The van der Waals surface area contributed by atoms with Gasteiger partial charge in [0.2, 0.25) is 5.82 Å². The number of carbonyl (C=O) groups excluding carboxylic acids is 1. The minimum absolute atomic E-state index is 0.102. The lowest BCUT2D eigenvalue weighted by Gasteiger charge is -1.98. The summed E-state index contributed by atoms with van der Waals surface area (Å²) in [6.07, 6.45) is 1.50. The van der Waals surface area contributed by atoms with E-state index in [1.54, 1.807) is 0 Å². The molecule has 0 aliphatic rings. The average molecular weight is 304 g/mol. The summed E-state index contributed by atoms with van der Waals surface area (Å²) < 4.78 is 10.1. The molecule has 21 heavy (non-hydrogen) atoms. The molecule has 0 unspecified atom stereocenters. The number of ether oxygens (including phenoxy) is 1. The molecular weight excluding hydrogens is 294 g/mol. The normalized spacial score (nSPS) is 10.5. The van der Waals surface area contributed by atoms with Crippen molar-refractivity contribution >= 4 is 17.6 Å². The SMILES string of the molecule is O=C(OCc1nc(-c2ccccc2)no1)c1cc(Cl)c[nH]1. The molecule has 3 rings (SSSR count). The van der Waals surface area contributed by atoms with Gasteiger partial charge in [-0.05, 0) is 6.07 Å². The molecule has 106 valence electrons. The standard InChI is InChI=1S/C14H10ClN3O3/c15-10-6-11(16-7-10)14(19)20-8-12-17-13(18-21-12)9-4-2-1-3-5-9/h1-7,16H,8H2. The quantitative estimate of drug-likeness (QED) is 0.749. The summed E-state index contributed by atoms with van der Waals surface area (Å²) in [5, 5.41) is 4.27. The number of carbonyl (C=O) groups is 1. The number of hydrogen-bond acceptors (Lipinski definition) is 5. The van der Waals surface area contributed by atoms with Crippen molar-refractivity contribution in [2.45, 2.75) is 6.61 Å². The average Bonchev–Trinajstić information content (AvgIpc) is 3.15. The third-order valence-electron chi connectivity index (χ3n) is 2.69. The fraction of sp³-hybridized carbons (Fsp3) is 0.0714. The molecule has 0 fully saturated rings. The molecule has 0 saturated heterocycles. The van der Waals surface area contributed by atoms with Crippen molar-refractivity contribution in [3.8, 4) is 11.4 Å². The Kier molecular flexibility index (Phi) is 3.70. The Bertz CT molecular complexity index is 752. The molecule has 7 heteroatoms. The lowest BCUT2D eigenvalue weighted by Crippen LogP contribution is -2.05. The van der Waals surface area contributed by atoms with E-state index in [0.717, 1.165) is 5.56 Å². The highest BCUT2D eigenvalue weighted by atomic mass is 35.5. The van der Waals surface area contributed by atoms with Gasteiger partial charge in [-0.15, -0.1) is 0 Å². The summed E-state index contributed by atoms with van der Waals surface area (Å²) in [6, 6.07) is 10.9. The first-order valence-corrected chi connectivity index (χ1v) is 6.49. The van der Waals surface area contributed by atoms with Crippen molar-refractivity contribution in [2.24, 2.45) is 0 Å². The van der Waals surface area contributed by atoms with E-state index >= 15 is 0 Å². The van der Waals surface area contributed by atoms with Crippen LogP contribution in [0.4, 0.5) is 0 Å². The van der Waals surface area contributed by atoms with Gasteiger partial charge in [0.1, 0.15) is 5.69 Å². The summed E-state index contributed by atoms with van der Waals surface area (Å²) in [7, 11) is 0. The van der Waals surface area contributed by atoms with Crippen molar-refractivity contribution in [3.63, 3.8) is 0 Å². The Labute approximate surface area is 124 Å². The number of H-pyrrole nitrogens is 1. The largest absolute Gasteiger partial charge is 0.451 e. The van der Waals surface area contributed by atoms with E-state index in [4.69, 9.17) is 20.9 Å². The molecule has 1 N–H and O–H groups in total. The number of aromatic amines is 1. The van der Waals surface area contributed by atoms with Crippen molar-refractivity contribution < 1.29 is 14.1 Å². The molecule has 0 saturated carbocycles. The molecule has 2 aromatic heterocycles. The third-order valence-corrected chi connectivity index (χ3v) is 2.91. The van der Waals surface area contributed by atoms with E-state index in [-0.39, 0.29) is 18.2 Å². The zero-order valence-electron chi connectivity index (χ0n) is 10.7. The summed E-state index contributed by atoms with van der Waals surface area (Å²) in [4.78, 5) is 18.6. The van der Waals surface area contributed by atoms with Crippen molar-refractivity contribution in [3.05, 3.63) is 59.2 Å². The van der Waals surface area contributed by atoms with Gasteiger partial charge in [0.15, 0.2) is 6.61 Å². The number of rotatable bonds is 4. The van der Waals surface area contributed by atoms with Gasteiger partial charge in [-0.1, -0.05) is 47.1 Å². The smallest absolute Gasteiger partial charge is 0.355 e. The first-order valence-electron chi connectivity index (χ1n) is 6.11. The summed E-state index contributed by atoms with van der Waals surface area (Å²) in [6.45, 7) is -0.102. The van der Waals surface area contributed by atoms with Crippen molar-refractivity contribution in [2.75, 3.05) is 0 Å². The Morgan fingerprint density at radius 2 is 2.14 bits per heavy atom. The molecule has 0 bridgehead atoms. The van der Waals surface area contributed by atoms with Crippen LogP contribution in [0.25, 0.3) is 11.4 Å². The fourth-order valence-corrected chi connectivity index (χ4v) is 1.87. The van der Waals surface area contributed by atoms with Crippen LogP contribution in [-0.2, 0) is 11.3 Å². The monoisotopic (exact) mass is 303 g/mol. The molecule has 0 aliphatic heterocycles. The molecule has 0 aliphatic carbocycles. The van der Waals surface area contributed by atoms with Gasteiger partial charge < -0.3 is 14.2 Å². The molecule has 1 aromatic carbocycles. The molecule has 6 nitrogen and oxygen atoms in total. The van der Waals surface area contributed by atoms with Crippen LogP contribution < -0.4 is 0 Å². The number of nitrogens with one attached hydrogen (secondary N) is 1. The molecule has 0 atom stereocenters. The predicted octanol–water partition coefficient (Wildman–Crippen LogP) is 3.08. The number of benzene rings is 1. The van der Waals surface area contributed by atoms with Crippen LogP contribution in [0.1, 0.15) is 16.4 Å². The first-order chi connectivity index (χ1) is 10.2. The van der Waals surface area contributed by atoms with Gasteiger partial charge in [0, 0.05) is 11.8 Å². The van der Waals surface area contributed by atoms with Gasteiger partial charge in [-0.3, -0.25) is 0 Å². The van der Waals surface area contributed by atoms with Crippen LogP contribution in [0.2, 0.25) is 5.02 Å². The zero-order valence-corrected chi connectivity index (χ0v) is 11.5. The number of halogens is 1. The minimum Gasteiger partial charge on any atom is -0.451 e. The highest BCUT2D eigenvalue weighted by Crippen LogP contribution is 2.15. The summed E-state index contributed by atoms with van der Waals surface area (Å²) >= 11 is 5.71.